The number of carbonyl (C=O) groups is 1. The first-order valence-corrected chi connectivity index (χ1v) is 13.4. The van der Waals surface area contributed by atoms with Gasteiger partial charge in [0.25, 0.3) is 0 Å². The van der Waals surface area contributed by atoms with Crippen molar-refractivity contribution in [1.29, 1.82) is 0 Å². The minimum Gasteiger partial charge on any atom is -0.312 e. The third-order valence-electron chi connectivity index (χ3n) is 7.36. The van der Waals surface area contributed by atoms with Crippen molar-refractivity contribution < 1.29 is 4.79 Å². The van der Waals surface area contributed by atoms with Crippen LogP contribution in [0.3, 0.4) is 0 Å². The molecule has 1 saturated carbocycles. The molecule has 2 aliphatic heterocycles. The van der Waals surface area contributed by atoms with Crippen LogP contribution in [-0.4, -0.2) is 52.9 Å². The molecule has 0 atom stereocenters. The Morgan fingerprint density at radius 1 is 1.12 bits per heavy atom. The van der Waals surface area contributed by atoms with Gasteiger partial charge in [-0.3, -0.25) is 15.2 Å². The molecule has 3 fully saturated rings. The summed E-state index contributed by atoms with van der Waals surface area (Å²) in [7, 11) is 0. The van der Waals surface area contributed by atoms with E-state index in [0.717, 1.165) is 77.0 Å². The number of hydrogen-bond acceptors (Lipinski definition) is 3. The van der Waals surface area contributed by atoms with Crippen molar-refractivity contribution in [3.05, 3.63) is 46.1 Å². The monoisotopic (exact) mass is 548 g/mol. The van der Waals surface area contributed by atoms with E-state index in [1.54, 1.807) is 0 Å². The molecule has 3 aliphatic rings. The molecule has 0 unspecified atom stereocenters. The van der Waals surface area contributed by atoms with Gasteiger partial charge in [-0.15, -0.1) is 6.58 Å². The number of nitrogens with zero attached hydrogens (tertiary/aromatic N) is 3. The quantitative estimate of drug-likeness (QED) is 0.256. The first kappa shape index (κ1) is 23.7. The summed E-state index contributed by atoms with van der Waals surface area (Å²) in [5, 5.41) is 3.22. The molecule has 2 heterocycles. The number of unbranched alkanes of at least 4 members (excludes halogenated alkanes) is 2. The van der Waals surface area contributed by atoms with Crippen molar-refractivity contribution in [1.82, 2.24) is 15.1 Å². The normalized spacial score (nSPS) is 23.1. The number of aliphatic imine (C=N–C) groups is 1. The number of likely N-dealkylation sites (tertiary alicyclic amines) is 1. The van der Waals surface area contributed by atoms with Gasteiger partial charge in [-0.2, -0.15) is 0 Å². The van der Waals surface area contributed by atoms with Crippen LogP contribution >= 0.6 is 22.6 Å². The maximum Gasteiger partial charge on any atom is 0.323 e. The lowest BCUT2D eigenvalue weighted by molar-refractivity contribution is 0.0984. The van der Waals surface area contributed by atoms with Gasteiger partial charge in [0, 0.05) is 29.7 Å². The Kier molecular flexibility index (Phi) is 8.27. The Morgan fingerprint density at radius 3 is 2.53 bits per heavy atom. The van der Waals surface area contributed by atoms with Crippen LogP contribution in [0.2, 0.25) is 0 Å². The Morgan fingerprint density at radius 2 is 1.84 bits per heavy atom. The highest BCUT2D eigenvalue weighted by Crippen LogP contribution is 2.36. The molecule has 1 aliphatic carbocycles. The molecular weight excluding hydrogens is 511 g/mol. The van der Waals surface area contributed by atoms with E-state index >= 15 is 0 Å². The molecular formula is C26H37IN4O. The molecule has 2 amide bonds. The van der Waals surface area contributed by atoms with Crippen molar-refractivity contribution >= 4 is 34.5 Å². The van der Waals surface area contributed by atoms with Gasteiger partial charge in [0.05, 0.1) is 6.04 Å². The van der Waals surface area contributed by atoms with Crippen LogP contribution in [0.25, 0.3) is 0 Å². The second-order valence-electron chi connectivity index (χ2n) is 9.57. The van der Waals surface area contributed by atoms with Gasteiger partial charge in [-0.05, 0) is 85.2 Å². The molecule has 1 N–H and O–H groups in total. The van der Waals surface area contributed by atoms with Gasteiger partial charge in [-0.1, -0.05) is 37.5 Å². The van der Waals surface area contributed by atoms with E-state index < -0.39 is 0 Å². The SMILES string of the molecule is C=CCCCCN1C(=O)NC(=NC2CCCCC2)C12CCN(Cc1ccc(I)cc1)CC2. The van der Waals surface area contributed by atoms with Crippen LogP contribution in [0.4, 0.5) is 4.79 Å². The fraction of sp³-hybridized carbons (Fsp3) is 0.615. The largest absolute Gasteiger partial charge is 0.323 e. The number of nitrogens with one attached hydrogen (secondary N) is 1. The smallest absolute Gasteiger partial charge is 0.312 e. The zero-order valence-corrected chi connectivity index (χ0v) is 21.4. The van der Waals surface area contributed by atoms with E-state index in [1.807, 2.05) is 6.08 Å². The predicted octanol–water partition coefficient (Wildman–Crippen LogP) is 5.74. The van der Waals surface area contributed by atoms with Crippen molar-refractivity contribution in [2.45, 2.75) is 82.3 Å². The molecule has 4 rings (SSSR count). The molecule has 5 nitrogen and oxygen atoms in total. The summed E-state index contributed by atoms with van der Waals surface area (Å²) in [6.45, 7) is 7.60. The molecule has 0 bridgehead atoms. The highest BCUT2D eigenvalue weighted by Gasteiger charge is 2.52. The van der Waals surface area contributed by atoms with E-state index in [9.17, 15) is 4.79 Å². The number of hydrogen-bond donors (Lipinski definition) is 1. The lowest BCUT2D eigenvalue weighted by atomic mass is 9.84. The summed E-state index contributed by atoms with van der Waals surface area (Å²) in [5.41, 5.74) is 1.12. The third-order valence-corrected chi connectivity index (χ3v) is 8.08. The highest BCUT2D eigenvalue weighted by molar-refractivity contribution is 14.1. The first-order valence-electron chi connectivity index (χ1n) is 12.4. The van der Waals surface area contributed by atoms with E-state index in [2.05, 4.69) is 68.6 Å². The van der Waals surface area contributed by atoms with E-state index in [0.29, 0.717) is 6.04 Å². The summed E-state index contributed by atoms with van der Waals surface area (Å²) < 4.78 is 1.27. The Bertz CT molecular complexity index is 808. The van der Waals surface area contributed by atoms with Crippen LogP contribution in [0.5, 0.6) is 0 Å². The molecule has 6 heteroatoms. The maximum atomic E-state index is 13.1. The molecule has 1 spiro atoms. The number of piperidine rings is 1. The van der Waals surface area contributed by atoms with E-state index in [1.165, 1.54) is 28.4 Å². The topological polar surface area (TPSA) is 47.9 Å². The highest BCUT2D eigenvalue weighted by atomic mass is 127. The zero-order chi connectivity index (χ0) is 22.4. The summed E-state index contributed by atoms with van der Waals surface area (Å²) in [6, 6.07) is 9.26. The average Bonchev–Trinajstić information content (AvgIpc) is 3.05. The fourth-order valence-corrected chi connectivity index (χ4v) is 5.82. The average molecular weight is 549 g/mol. The number of amides is 2. The standard InChI is InChI=1S/C26H37IN4O/c1-2-3-4-8-17-31-25(32)29-24(28-23-9-6-5-7-10-23)26(31)15-18-30(19-16-26)20-21-11-13-22(27)14-12-21/h2,11-14,23H,1,3-10,15-20H2,(H,28,29,32). The van der Waals surface area contributed by atoms with Crippen LogP contribution in [0, 0.1) is 3.57 Å². The summed E-state index contributed by atoms with van der Waals surface area (Å²) >= 11 is 2.36. The van der Waals surface area contributed by atoms with E-state index in [-0.39, 0.29) is 11.6 Å². The number of amidine groups is 1. The fourth-order valence-electron chi connectivity index (χ4n) is 5.46. The van der Waals surface area contributed by atoms with Crippen LogP contribution < -0.4 is 5.32 Å². The minimum atomic E-state index is -0.245. The Labute approximate surface area is 206 Å². The van der Waals surface area contributed by atoms with Crippen LogP contribution in [0.15, 0.2) is 41.9 Å². The molecule has 1 aromatic carbocycles. The minimum absolute atomic E-state index is 0.0595. The van der Waals surface area contributed by atoms with Gasteiger partial charge in [0.1, 0.15) is 11.4 Å². The lowest BCUT2D eigenvalue weighted by Gasteiger charge is -2.44. The van der Waals surface area contributed by atoms with Crippen molar-refractivity contribution in [2.75, 3.05) is 19.6 Å². The Balaban J connectivity index is 1.48. The molecule has 2 saturated heterocycles. The second kappa shape index (κ2) is 11.1. The number of rotatable bonds is 8. The number of urea groups is 1. The van der Waals surface area contributed by atoms with Gasteiger partial charge in [0.2, 0.25) is 0 Å². The second-order valence-corrected chi connectivity index (χ2v) is 10.8. The molecule has 0 radical (unpaired) electrons. The summed E-state index contributed by atoms with van der Waals surface area (Å²) in [4.78, 5) is 22.9. The lowest BCUT2D eigenvalue weighted by Crippen LogP contribution is -2.56. The molecule has 32 heavy (non-hydrogen) atoms. The number of benzene rings is 1. The summed E-state index contributed by atoms with van der Waals surface area (Å²) in [6.07, 6.45) is 13.2. The van der Waals surface area contributed by atoms with Crippen molar-refractivity contribution in [3.8, 4) is 0 Å². The maximum absolute atomic E-state index is 13.1. The molecule has 174 valence electrons. The van der Waals surface area contributed by atoms with Crippen molar-refractivity contribution in [3.63, 3.8) is 0 Å². The summed E-state index contributed by atoms with van der Waals surface area (Å²) in [5.74, 6) is 0.965. The zero-order valence-electron chi connectivity index (χ0n) is 19.2. The third kappa shape index (κ3) is 5.56. The van der Waals surface area contributed by atoms with Gasteiger partial charge in [-0.25, -0.2) is 4.79 Å². The Hall–Kier alpha value is -1.41. The number of halogens is 1. The van der Waals surface area contributed by atoms with Crippen LogP contribution in [0.1, 0.15) is 69.8 Å². The van der Waals surface area contributed by atoms with Gasteiger partial charge >= 0.3 is 6.03 Å². The predicted molar refractivity (Wildman–Crippen MR) is 140 cm³/mol. The van der Waals surface area contributed by atoms with E-state index in [4.69, 9.17) is 4.99 Å². The molecule has 1 aromatic rings. The molecule has 0 aromatic heterocycles. The van der Waals surface area contributed by atoms with Crippen molar-refractivity contribution in [2.24, 2.45) is 4.99 Å². The van der Waals surface area contributed by atoms with Crippen LogP contribution in [-0.2, 0) is 6.54 Å². The van der Waals surface area contributed by atoms with Gasteiger partial charge < -0.3 is 4.90 Å². The van der Waals surface area contributed by atoms with Gasteiger partial charge in [0.15, 0.2) is 0 Å². The number of allylic oxidation sites excluding steroid dienone is 1. The first-order chi connectivity index (χ1) is 15.6. The number of carbonyl (C=O) groups excluding carboxylic acids is 1.